The molecule has 0 fully saturated rings. The van der Waals surface area contributed by atoms with Gasteiger partial charge in [-0.2, -0.15) is 0 Å². The lowest BCUT2D eigenvalue weighted by atomic mass is 10.1. The standard InChI is InChI=1S/C20H19BrN4O3/c1-3-28-18-13(21)8-11(9-17(18)27-2)19-22-6-5-15(25-19)16-10-12-14(24-16)4-7-23-20(12)26/h5-6,8-10,24H,3-4,7H2,1-2H3,(H,23,26). The van der Waals surface area contributed by atoms with Crippen LogP contribution in [0.15, 0.2) is 34.9 Å². The van der Waals surface area contributed by atoms with E-state index < -0.39 is 0 Å². The third-order valence-electron chi connectivity index (χ3n) is 4.51. The van der Waals surface area contributed by atoms with Crippen molar-refractivity contribution in [2.75, 3.05) is 20.3 Å². The van der Waals surface area contributed by atoms with E-state index >= 15 is 0 Å². The van der Waals surface area contributed by atoms with Gasteiger partial charge in [0.15, 0.2) is 17.3 Å². The van der Waals surface area contributed by atoms with E-state index in [1.165, 1.54) is 0 Å². The van der Waals surface area contributed by atoms with Gasteiger partial charge in [0.1, 0.15) is 0 Å². The first kappa shape index (κ1) is 18.5. The van der Waals surface area contributed by atoms with Crippen LogP contribution in [0.25, 0.3) is 22.8 Å². The minimum Gasteiger partial charge on any atom is -0.493 e. The number of H-pyrrole nitrogens is 1. The fourth-order valence-corrected chi connectivity index (χ4v) is 3.77. The fourth-order valence-electron chi connectivity index (χ4n) is 3.21. The molecule has 3 heterocycles. The highest BCUT2D eigenvalue weighted by atomic mass is 79.9. The maximum absolute atomic E-state index is 12.0. The van der Waals surface area contributed by atoms with Crippen LogP contribution >= 0.6 is 15.9 Å². The normalized spacial score (nSPS) is 13.0. The number of hydrogen-bond donors (Lipinski definition) is 2. The summed E-state index contributed by atoms with van der Waals surface area (Å²) >= 11 is 3.53. The molecule has 2 aromatic heterocycles. The molecule has 1 aromatic carbocycles. The first-order valence-corrected chi connectivity index (χ1v) is 9.74. The van der Waals surface area contributed by atoms with Crippen molar-refractivity contribution in [3.8, 4) is 34.3 Å². The maximum atomic E-state index is 12.0. The van der Waals surface area contributed by atoms with E-state index in [1.807, 2.05) is 31.2 Å². The number of amides is 1. The second-order valence-electron chi connectivity index (χ2n) is 6.27. The Hall–Kier alpha value is -2.87. The fraction of sp³-hybridized carbons (Fsp3) is 0.250. The smallest absolute Gasteiger partial charge is 0.253 e. The molecule has 0 bridgehead atoms. The molecular weight excluding hydrogens is 424 g/mol. The molecule has 0 radical (unpaired) electrons. The zero-order valence-corrected chi connectivity index (χ0v) is 17.1. The summed E-state index contributed by atoms with van der Waals surface area (Å²) in [6, 6.07) is 7.41. The van der Waals surface area contributed by atoms with Gasteiger partial charge in [-0.1, -0.05) is 0 Å². The van der Waals surface area contributed by atoms with E-state index in [4.69, 9.17) is 9.47 Å². The molecule has 1 amide bonds. The van der Waals surface area contributed by atoms with Crippen LogP contribution in [0, 0.1) is 0 Å². The van der Waals surface area contributed by atoms with Crippen molar-refractivity contribution < 1.29 is 14.3 Å². The topological polar surface area (TPSA) is 89.1 Å². The summed E-state index contributed by atoms with van der Waals surface area (Å²) in [4.78, 5) is 24.4. The lowest BCUT2D eigenvalue weighted by molar-refractivity contribution is 0.0946. The lowest BCUT2D eigenvalue weighted by Gasteiger charge is -2.13. The molecule has 2 N–H and O–H groups in total. The number of nitrogens with zero attached hydrogens (tertiary/aromatic N) is 2. The van der Waals surface area contributed by atoms with Crippen molar-refractivity contribution in [3.63, 3.8) is 0 Å². The molecule has 0 spiro atoms. The monoisotopic (exact) mass is 442 g/mol. The van der Waals surface area contributed by atoms with Crippen LogP contribution in [-0.4, -0.2) is 41.1 Å². The number of methoxy groups -OCH3 is 1. The minimum atomic E-state index is -0.0572. The molecule has 0 unspecified atom stereocenters. The van der Waals surface area contributed by atoms with Crippen LogP contribution in [-0.2, 0) is 6.42 Å². The molecule has 0 saturated carbocycles. The summed E-state index contributed by atoms with van der Waals surface area (Å²) in [5, 5.41) is 2.85. The van der Waals surface area contributed by atoms with E-state index in [0.717, 1.165) is 33.5 Å². The molecule has 28 heavy (non-hydrogen) atoms. The van der Waals surface area contributed by atoms with Gasteiger partial charge in [0.05, 0.1) is 35.1 Å². The maximum Gasteiger partial charge on any atom is 0.253 e. The molecule has 7 nitrogen and oxygen atoms in total. The molecule has 0 aliphatic carbocycles. The average Bonchev–Trinajstić information content (AvgIpc) is 3.15. The Morgan fingerprint density at radius 2 is 2.14 bits per heavy atom. The average molecular weight is 443 g/mol. The molecule has 1 aliphatic heterocycles. The van der Waals surface area contributed by atoms with Crippen LogP contribution in [0.3, 0.4) is 0 Å². The number of benzene rings is 1. The van der Waals surface area contributed by atoms with E-state index in [0.29, 0.717) is 36.0 Å². The summed E-state index contributed by atoms with van der Waals surface area (Å²) in [5.41, 5.74) is 3.92. The van der Waals surface area contributed by atoms with Crippen LogP contribution in [0.1, 0.15) is 23.0 Å². The summed E-state index contributed by atoms with van der Waals surface area (Å²) in [6.07, 6.45) is 2.48. The van der Waals surface area contributed by atoms with Crippen LogP contribution in [0.4, 0.5) is 0 Å². The summed E-state index contributed by atoms with van der Waals surface area (Å²) in [5.74, 6) is 1.75. The van der Waals surface area contributed by atoms with Gasteiger partial charge >= 0.3 is 0 Å². The van der Waals surface area contributed by atoms with Crippen molar-refractivity contribution in [1.29, 1.82) is 0 Å². The largest absolute Gasteiger partial charge is 0.493 e. The first-order valence-electron chi connectivity index (χ1n) is 8.95. The first-order chi connectivity index (χ1) is 13.6. The van der Waals surface area contributed by atoms with Crippen LogP contribution in [0.5, 0.6) is 11.5 Å². The zero-order chi connectivity index (χ0) is 19.7. The molecule has 8 heteroatoms. The van der Waals surface area contributed by atoms with E-state index in [2.05, 4.69) is 36.2 Å². The molecule has 3 aromatic rings. The second kappa shape index (κ2) is 7.63. The molecule has 0 atom stereocenters. The predicted molar refractivity (Wildman–Crippen MR) is 109 cm³/mol. The number of ether oxygens (including phenoxy) is 2. The number of halogens is 1. The molecule has 0 saturated heterocycles. The van der Waals surface area contributed by atoms with Gasteiger partial charge in [-0.05, 0) is 47.1 Å². The Kier molecular flexibility index (Phi) is 5.04. The van der Waals surface area contributed by atoms with Crippen LogP contribution in [0.2, 0.25) is 0 Å². The van der Waals surface area contributed by atoms with E-state index in [-0.39, 0.29) is 5.91 Å². The molecule has 144 valence electrons. The lowest BCUT2D eigenvalue weighted by Crippen LogP contribution is -2.31. The molecule has 4 rings (SSSR count). The van der Waals surface area contributed by atoms with Crippen molar-refractivity contribution in [2.45, 2.75) is 13.3 Å². The van der Waals surface area contributed by atoms with Gasteiger partial charge in [0.25, 0.3) is 5.91 Å². The van der Waals surface area contributed by atoms with Crippen LogP contribution < -0.4 is 14.8 Å². The number of hydrogen-bond acceptors (Lipinski definition) is 5. The Morgan fingerprint density at radius 3 is 2.89 bits per heavy atom. The predicted octanol–water partition coefficient (Wildman–Crippen LogP) is 3.59. The Bertz CT molecular complexity index is 1050. The zero-order valence-electron chi connectivity index (χ0n) is 15.5. The number of aromatic amines is 1. The van der Waals surface area contributed by atoms with Crippen molar-refractivity contribution >= 4 is 21.8 Å². The SMILES string of the molecule is CCOc1c(Br)cc(-c2nccc(-c3cc4c([nH]3)CCNC4=O)n2)cc1OC. The summed E-state index contributed by atoms with van der Waals surface area (Å²) in [6.45, 7) is 3.09. The van der Waals surface area contributed by atoms with Gasteiger partial charge in [-0.15, -0.1) is 0 Å². The highest BCUT2D eigenvalue weighted by Gasteiger charge is 2.21. The van der Waals surface area contributed by atoms with Gasteiger partial charge in [0, 0.05) is 30.4 Å². The Balaban J connectivity index is 1.74. The van der Waals surface area contributed by atoms with Crippen molar-refractivity contribution in [3.05, 3.63) is 46.2 Å². The number of carbonyl (C=O) groups excluding carboxylic acids is 1. The second-order valence-corrected chi connectivity index (χ2v) is 7.12. The molecule has 1 aliphatic rings. The Labute approximate surface area is 170 Å². The number of carbonyl (C=O) groups is 1. The highest BCUT2D eigenvalue weighted by Crippen LogP contribution is 2.39. The number of fused-ring (bicyclic) bond motifs is 1. The number of rotatable bonds is 5. The van der Waals surface area contributed by atoms with E-state index in [1.54, 1.807) is 13.3 Å². The third-order valence-corrected chi connectivity index (χ3v) is 5.10. The third kappa shape index (κ3) is 3.35. The molecular formula is C20H19BrN4O3. The number of nitrogens with one attached hydrogen (secondary N) is 2. The number of aromatic nitrogens is 3. The quantitative estimate of drug-likeness (QED) is 0.629. The van der Waals surface area contributed by atoms with Crippen molar-refractivity contribution in [1.82, 2.24) is 20.3 Å². The van der Waals surface area contributed by atoms with E-state index in [9.17, 15) is 4.79 Å². The highest BCUT2D eigenvalue weighted by molar-refractivity contribution is 9.10. The van der Waals surface area contributed by atoms with Gasteiger partial charge in [-0.3, -0.25) is 4.79 Å². The Morgan fingerprint density at radius 1 is 1.29 bits per heavy atom. The minimum absolute atomic E-state index is 0.0572. The summed E-state index contributed by atoms with van der Waals surface area (Å²) < 4.78 is 11.9. The van der Waals surface area contributed by atoms with Gasteiger partial charge in [0.2, 0.25) is 0 Å². The summed E-state index contributed by atoms with van der Waals surface area (Å²) in [7, 11) is 1.60. The van der Waals surface area contributed by atoms with Crippen molar-refractivity contribution in [2.24, 2.45) is 0 Å². The van der Waals surface area contributed by atoms with Gasteiger partial charge < -0.3 is 19.8 Å². The van der Waals surface area contributed by atoms with Gasteiger partial charge in [-0.25, -0.2) is 9.97 Å².